The number of anilines is 1. The summed E-state index contributed by atoms with van der Waals surface area (Å²) in [6, 6.07) is 1.74. The quantitative estimate of drug-likeness (QED) is 0.566. The van der Waals surface area contributed by atoms with Crippen molar-refractivity contribution in [2.75, 3.05) is 18.4 Å². The van der Waals surface area contributed by atoms with Gasteiger partial charge in [-0.15, -0.1) is 0 Å². The van der Waals surface area contributed by atoms with E-state index in [0.29, 0.717) is 35.6 Å². The normalized spacial score (nSPS) is 16.5. The van der Waals surface area contributed by atoms with Crippen molar-refractivity contribution in [3.63, 3.8) is 0 Å². The van der Waals surface area contributed by atoms with Gasteiger partial charge in [-0.25, -0.2) is 19.7 Å². The van der Waals surface area contributed by atoms with Crippen molar-refractivity contribution in [2.45, 2.75) is 65.1 Å². The molecule has 4 heterocycles. The van der Waals surface area contributed by atoms with E-state index in [2.05, 4.69) is 20.4 Å². The molecule has 2 amide bonds. The summed E-state index contributed by atoms with van der Waals surface area (Å²) in [4.78, 5) is 40.0. The number of hydrogen-bond donors (Lipinski definition) is 2. The van der Waals surface area contributed by atoms with Crippen LogP contribution in [-0.2, 0) is 4.74 Å². The lowest BCUT2D eigenvalue weighted by Crippen LogP contribution is -2.47. The van der Waals surface area contributed by atoms with Crippen molar-refractivity contribution in [1.29, 1.82) is 0 Å². The summed E-state index contributed by atoms with van der Waals surface area (Å²) in [7, 11) is 0. The molecule has 1 aliphatic rings. The predicted octanol–water partition coefficient (Wildman–Crippen LogP) is 3.38. The van der Waals surface area contributed by atoms with E-state index in [4.69, 9.17) is 15.5 Å². The van der Waals surface area contributed by atoms with Crippen molar-refractivity contribution in [1.82, 2.24) is 29.6 Å². The molecule has 1 saturated heterocycles. The first kappa shape index (κ1) is 24.4. The lowest BCUT2D eigenvalue weighted by atomic mass is 10.1. The Balaban J connectivity index is 1.66. The zero-order valence-electron chi connectivity index (χ0n) is 20.8. The summed E-state index contributed by atoms with van der Waals surface area (Å²) in [6.07, 6.45) is 6.28. The number of carbonyl (C=O) groups excluding carboxylic acids is 2. The maximum Gasteiger partial charge on any atom is 0.410 e. The minimum atomic E-state index is -0.603. The van der Waals surface area contributed by atoms with Gasteiger partial charge in [-0.3, -0.25) is 9.48 Å². The lowest BCUT2D eigenvalue weighted by Gasteiger charge is -2.34. The van der Waals surface area contributed by atoms with E-state index in [-0.39, 0.29) is 23.7 Å². The van der Waals surface area contributed by atoms with Gasteiger partial charge in [-0.1, -0.05) is 0 Å². The van der Waals surface area contributed by atoms with Crippen molar-refractivity contribution < 1.29 is 14.3 Å². The third kappa shape index (κ3) is 5.50. The second kappa shape index (κ2) is 9.47. The van der Waals surface area contributed by atoms with Crippen LogP contribution in [0.1, 0.15) is 63.9 Å². The van der Waals surface area contributed by atoms with Crippen LogP contribution in [0.2, 0.25) is 0 Å². The molecule has 0 radical (unpaired) electrons. The van der Waals surface area contributed by atoms with Gasteiger partial charge in [0.15, 0.2) is 5.82 Å². The Kier molecular flexibility index (Phi) is 6.60. The Morgan fingerprint density at radius 3 is 2.66 bits per heavy atom. The van der Waals surface area contributed by atoms with Crippen LogP contribution in [0.3, 0.4) is 0 Å². The first-order valence-corrected chi connectivity index (χ1v) is 11.8. The molecule has 0 spiro atoms. The number of primary amides is 1. The number of amides is 2. The molecule has 1 atom stereocenters. The summed E-state index contributed by atoms with van der Waals surface area (Å²) in [5.41, 5.74) is 7.50. The highest BCUT2D eigenvalue weighted by Crippen LogP contribution is 2.28. The number of rotatable bonds is 5. The van der Waals surface area contributed by atoms with Gasteiger partial charge in [0, 0.05) is 36.9 Å². The molecule has 0 aromatic carbocycles. The minimum absolute atomic E-state index is 0.0689. The molecule has 3 aromatic heterocycles. The van der Waals surface area contributed by atoms with Gasteiger partial charge in [-0.05, 0) is 53.5 Å². The SMILES string of the molecule is CC(C)n1cc(-c2cc(C(N)=O)c3ncnc(N[C@H]4CCCN(C(=O)OC(C)(C)C)C4)c3n2)cn1. The summed E-state index contributed by atoms with van der Waals surface area (Å²) < 4.78 is 7.35. The number of likely N-dealkylation sites (tertiary alicyclic amines) is 1. The van der Waals surface area contributed by atoms with E-state index in [1.165, 1.54) is 6.33 Å². The molecule has 11 heteroatoms. The van der Waals surface area contributed by atoms with E-state index < -0.39 is 11.5 Å². The molecule has 1 fully saturated rings. The van der Waals surface area contributed by atoms with Gasteiger partial charge in [0.2, 0.25) is 0 Å². The van der Waals surface area contributed by atoms with Crippen LogP contribution in [0.5, 0.6) is 0 Å². The average Bonchev–Trinajstić information content (AvgIpc) is 3.28. The highest BCUT2D eigenvalue weighted by atomic mass is 16.6. The third-order valence-electron chi connectivity index (χ3n) is 5.70. The molecular weight excluding hydrogens is 448 g/mol. The lowest BCUT2D eigenvalue weighted by molar-refractivity contribution is 0.0206. The van der Waals surface area contributed by atoms with Gasteiger partial charge >= 0.3 is 6.09 Å². The zero-order valence-corrected chi connectivity index (χ0v) is 20.8. The number of hydrogen-bond acceptors (Lipinski definition) is 8. The Morgan fingerprint density at radius 2 is 2.00 bits per heavy atom. The Bertz CT molecular complexity index is 1250. The van der Waals surface area contributed by atoms with E-state index in [9.17, 15) is 9.59 Å². The van der Waals surface area contributed by atoms with Crippen molar-refractivity contribution >= 4 is 28.9 Å². The second-order valence-corrected chi connectivity index (χ2v) is 10.1. The highest BCUT2D eigenvalue weighted by molar-refractivity contribution is 6.06. The van der Waals surface area contributed by atoms with Gasteiger partial charge < -0.3 is 20.7 Å². The van der Waals surface area contributed by atoms with Crippen LogP contribution < -0.4 is 11.1 Å². The summed E-state index contributed by atoms with van der Waals surface area (Å²) in [5.74, 6) is -0.125. The van der Waals surface area contributed by atoms with Crippen molar-refractivity contribution in [2.24, 2.45) is 5.73 Å². The number of pyridine rings is 1. The van der Waals surface area contributed by atoms with Crippen LogP contribution in [0.25, 0.3) is 22.3 Å². The van der Waals surface area contributed by atoms with Crippen LogP contribution in [0, 0.1) is 0 Å². The number of carbonyl (C=O) groups is 2. The molecule has 4 rings (SSSR count). The standard InChI is InChI=1S/C24H32N8O3/c1-14(2)32-11-15(10-28-32)18-9-17(21(25)33)19-20(30-18)22(27-13-26-19)29-16-7-6-8-31(12-16)23(34)35-24(3,4)5/h9-11,13-14,16H,6-8,12H2,1-5H3,(H2,25,33)(H,26,27,29)/t16-/m0/s1. The topological polar surface area (TPSA) is 141 Å². The average molecular weight is 481 g/mol. The van der Waals surface area contributed by atoms with E-state index >= 15 is 0 Å². The number of nitrogens with two attached hydrogens (primary N) is 1. The maximum absolute atomic E-state index is 12.6. The number of nitrogens with one attached hydrogen (secondary N) is 1. The van der Waals surface area contributed by atoms with E-state index in [1.807, 2.05) is 45.5 Å². The highest BCUT2D eigenvalue weighted by Gasteiger charge is 2.28. The Labute approximate surface area is 204 Å². The summed E-state index contributed by atoms with van der Waals surface area (Å²) in [5, 5.41) is 7.78. The first-order valence-electron chi connectivity index (χ1n) is 11.8. The third-order valence-corrected chi connectivity index (χ3v) is 5.70. The molecule has 35 heavy (non-hydrogen) atoms. The number of piperidine rings is 1. The summed E-state index contributed by atoms with van der Waals surface area (Å²) in [6.45, 7) is 10.7. The van der Waals surface area contributed by atoms with Gasteiger partial charge in [0.05, 0.1) is 17.5 Å². The van der Waals surface area contributed by atoms with Crippen LogP contribution in [0.15, 0.2) is 24.8 Å². The number of nitrogens with zero attached hydrogens (tertiary/aromatic N) is 6. The van der Waals surface area contributed by atoms with E-state index in [1.54, 1.807) is 17.2 Å². The molecule has 0 saturated carbocycles. The molecule has 186 valence electrons. The molecule has 0 bridgehead atoms. The fraction of sp³-hybridized carbons (Fsp3) is 0.500. The molecule has 0 aliphatic carbocycles. The van der Waals surface area contributed by atoms with E-state index in [0.717, 1.165) is 18.4 Å². The van der Waals surface area contributed by atoms with Crippen molar-refractivity contribution in [3.8, 4) is 11.3 Å². The Hall–Kier alpha value is -3.76. The molecule has 1 aliphatic heterocycles. The minimum Gasteiger partial charge on any atom is -0.444 e. The second-order valence-electron chi connectivity index (χ2n) is 10.1. The fourth-order valence-electron chi connectivity index (χ4n) is 4.01. The molecule has 0 unspecified atom stereocenters. The fourth-order valence-corrected chi connectivity index (χ4v) is 4.01. The smallest absolute Gasteiger partial charge is 0.410 e. The van der Waals surface area contributed by atoms with Gasteiger partial charge in [0.25, 0.3) is 5.91 Å². The van der Waals surface area contributed by atoms with Gasteiger partial charge in [-0.2, -0.15) is 5.10 Å². The number of aromatic nitrogens is 5. The largest absolute Gasteiger partial charge is 0.444 e. The van der Waals surface area contributed by atoms with Crippen molar-refractivity contribution in [3.05, 3.63) is 30.4 Å². The molecule has 3 N–H and O–H groups in total. The molecule has 11 nitrogen and oxygen atoms in total. The zero-order chi connectivity index (χ0) is 25.3. The number of fused-ring (bicyclic) bond motifs is 1. The molecule has 3 aromatic rings. The summed E-state index contributed by atoms with van der Waals surface area (Å²) >= 11 is 0. The number of ether oxygens (including phenoxy) is 1. The van der Waals surface area contributed by atoms with Crippen LogP contribution in [-0.4, -0.2) is 66.4 Å². The monoisotopic (exact) mass is 480 g/mol. The van der Waals surface area contributed by atoms with Gasteiger partial charge in [0.1, 0.15) is 23.0 Å². The van der Waals surface area contributed by atoms with Crippen LogP contribution >= 0.6 is 0 Å². The predicted molar refractivity (Wildman–Crippen MR) is 132 cm³/mol. The van der Waals surface area contributed by atoms with Crippen LogP contribution in [0.4, 0.5) is 10.6 Å². The maximum atomic E-state index is 12.6. The molecular formula is C24H32N8O3. The first-order chi connectivity index (χ1) is 16.5. The Morgan fingerprint density at radius 1 is 1.23 bits per heavy atom.